The highest BCUT2D eigenvalue weighted by molar-refractivity contribution is 5.97. The van der Waals surface area contributed by atoms with Gasteiger partial charge in [-0.2, -0.15) is 0 Å². The normalized spacial score (nSPS) is 21.1. The number of allylic oxidation sites excluding steroid dienone is 1. The molecule has 120 valence electrons. The zero-order chi connectivity index (χ0) is 16.7. The van der Waals surface area contributed by atoms with Crippen molar-refractivity contribution in [2.24, 2.45) is 0 Å². The molecule has 2 aromatic rings. The van der Waals surface area contributed by atoms with Gasteiger partial charge >= 0.3 is 0 Å². The van der Waals surface area contributed by atoms with E-state index in [-0.39, 0.29) is 0 Å². The second kappa shape index (κ2) is 5.96. The Balaban J connectivity index is 2.38. The summed E-state index contributed by atoms with van der Waals surface area (Å²) in [6.45, 7) is 13.5. The van der Waals surface area contributed by atoms with Gasteiger partial charge in [0.25, 0.3) is 0 Å². The van der Waals surface area contributed by atoms with Crippen molar-refractivity contribution in [1.29, 1.82) is 0 Å². The lowest BCUT2D eigenvalue weighted by Gasteiger charge is -2.26. The lowest BCUT2D eigenvalue weighted by molar-refractivity contribution is -0.497. The molecule has 2 unspecified atom stereocenters. The topological polar surface area (TPSA) is 3.01 Å². The van der Waals surface area contributed by atoms with Crippen molar-refractivity contribution in [3.05, 3.63) is 58.8 Å². The monoisotopic (exact) mass is 306 g/mol. The van der Waals surface area contributed by atoms with Gasteiger partial charge in [0.05, 0.1) is 0 Å². The lowest BCUT2D eigenvalue weighted by Crippen LogP contribution is -2.31. The lowest BCUT2D eigenvalue weighted by atomic mass is 9.81. The van der Waals surface area contributed by atoms with E-state index in [2.05, 4.69) is 88.9 Å². The SMILES string of the molecule is C/C=C\[N+]1=Cc2cc(C(C)C)c3cc(C)ccc3c2C(C)C1C. The summed E-state index contributed by atoms with van der Waals surface area (Å²) in [6, 6.07) is 9.84. The molecule has 0 N–H and O–H groups in total. The number of rotatable bonds is 2. The van der Waals surface area contributed by atoms with Crippen molar-refractivity contribution in [1.82, 2.24) is 0 Å². The van der Waals surface area contributed by atoms with Gasteiger partial charge in [-0.1, -0.05) is 44.5 Å². The number of hydrogen-bond acceptors (Lipinski definition) is 0. The molecule has 1 aliphatic heterocycles. The van der Waals surface area contributed by atoms with E-state index in [0.717, 1.165) is 0 Å². The van der Waals surface area contributed by atoms with Crippen LogP contribution < -0.4 is 0 Å². The number of hydrogen-bond donors (Lipinski definition) is 0. The molecule has 23 heavy (non-hydrogen) atoms. The second-order valence-electron chi connectivity index (χ2n) is 7.26. The molecule has 0 spiro atoms. The summed E-state index contributed by atoms with van der Waals surface area (Å²) >= 11 is 0. The zero-order valence-corrected chi connectivity index (χ0v) is 15.2. The number of nitrogens with zero attached hydrogens (tertiary/aromatic N) is 1. The van der Waals surface area contributed by atoms with Crippen LogP contribution in [0.15, 0.2) is 36.5 Å². The van der Waals surface area contributed by atoms with E-state index >= 15 is 0 Å². The molecule has 1 aliphatic rings. The largest absolute Gasteiger partial charge is 0.202 e. The Hall–Kier alpha value is -1.89. The minimum atomic E-state index is 0.480. The Labute approximate surface area is 140 Å². The fourth-order valence-corrected chi connectivity index (χ4v) is 3.83. The highest BCUT2D eigenvalue weighted by atomic mass is 15.0. The standard InChI is InChI=1S/C22H28N/c1-7-10-23-13-18-12-20(14(2)3)21-11-15(4)8-9-19(21)22(18)16(5)17(23)6/h7-14,16-17H,1-6H3/q+1/b10-7-. The molecule has 0 amide bonds. The molecule has 0 saturated heterocycles. The number of fused-ring (bicyclic) bond motifs is 3. The van der Waals surface area contributed by atoms with Crippen LogP contribution in [0.25, 0.3) is 10.8 Å². The van der Waals surface area contributed by atoms with E-state index in [1.807, 2.05) is 0 Å². The first-order valence-electron chi connectivity index (χ1n) is 8.76. The molecule has 0 aromatic heterocycles. The molecular formula is C22H28N+. The maximum absolute atomic E-state index is 2.42. The van der Waals surface area contributed by atoms with Crippen LogP contribution in [0.2, 0.25) is 0 Å². The van der Waals surface area contributed by atoms with Gasteiger partial charge in [-0.25, -0.2) is 4.58 Å². The molecule has 1 heterocycles. The summed E-state index contributed by atoms with van der Waals surface area (Å²) in [5.41, 5.74) is 5.70. The first kappa shape index (κ1) is 16.0. The maximum Gasteiger partial charge on any atom is 0.176 e. The smallest absolute Gasteiger partial charge is 0.176 e. The van der Waals surface area contributed by atoms with Gasteiger partial charge < -0.3 is 0 Å². The van der Waals surface area contributed by atoms with E-state index in [0.29, 0.717) is 17.9 Å². The molecule has 0 saturated carbocycles. The van der Waals surface area contributed by atoms with Crippen LogP contribution >= 0.6 is 0 Å². The quantitative estimate of drug-likeness (QED) is 0.622. The molecule has 2 atom stereocenters. The molecule has 0 fully saturated rings. The predicted octanol–water partition coefficient (Wildman–Crippen LogP) is 5.74. The molecule has 1 nitrogen and oxygen atoms in total. The van der Waals surface area contributed by atoms with Gasteiger partial charge in [-0.05, 0) is 60.7 Å². The third-order valence-corrected chi connectivity index (χ3v) is 5.28. The van der Waals surface area contributed by atoms with E-state index in [4.69, 9.17) is 0 Å². The van der Waals surface area contributed by atoms with Crippen LogP contribution in [0.5, 0.6) is 0 Å². The average Bonchev–Trinajstić information content (AvgIpc) is 2.51. The molecule has 2 aromatic carbocycles. The van der Waals surface area contributed by atoms with Crippen LogP contribution in [-0.4, -0.2) is 16.8 Å². The minimum absolute atomic E-state index is 0.480. The molecular weight excluding hydrogens is 278 g/mol. The van der Waals surface area contributed by atoms with Gasteiger partial charge in [0.2, 0.25) is 0 Å². The fraction of sp³-hybridized carbons (Fsp3) is 0.409. The maximum atomic E-state index is 2.42. The second-order valence-corrected chi connectivity index (χ2v) is 7.26. The first-order valence-corrected chi connectivity index (χ1v) is 8.76. The number of benzene rings is 2. The van der Waals surface area contributed by atoms with Crippen LogP contribution in [-0.2, 0) is 0 Å². The van der Waals surface area contributed by atoms with Gasteiger partial charge in [-0.15, -0.1) is 0 Å². The fourth-order valence-electron chi connectivity index (χ4n) is 3.83. The van der Waals surface area contributed by atoms with Crippen molar-refractivity contribution in [3.63, 3.8) is 0 Å². The van der Waals surface area contributed by atoms with Gasteiger partial charge in [0.1, 0.15) is 0 Å². The zero-order valence-electron chi connectivity index (χ0n) is 15.2. The van der Waals surface area contributed by atoms with Crippen LogP contribution in [0.4, 0.5) is 0 Å². The summed E-state index contributed by atoms with van der Waals surface area (Å²) < 4.78 is 2.36. The molecule has 3 rings (SSSR count). The van der Waals surface area contributed by atoms with Crippen molar-refractivity contribution in [3.8, 4) is 0 Å². The first-order chi connectivity index (χ1) is 10.9. The highest BCUT2D eigenvalue weighted by Gasteiger charge is 2.32. The predicted molar refractivity (Wildman–Crippen MR) is 101 cm³/mol. The van der Waals surface area contributed by atoms with E-state index in [1.165, 1.54) is 33.0 Å². The Kier molecular flexibility index (Phi) is 4.14. The Morgan fingerprint density at radius 3 is 2.48 bits per heavy atom. The van der Waals surface area contributed by atoms with Crippen LogP contribution in [0, 0.1) is 6.92 Å². The summed E-state index contributed by atoms with van der Waals surface area (Å²) in [5.74, 6) is 1.04. The van der Waals surface area contributed by atoms with Gasteiger partial charge in [0, 0.05) is 11.5 Å². The Morgan fingerprint density at radius 2 is 1.83 bits per heavy atom. The summed E-state index contributed by atoms with van der Waals surface area (Å²) in [5, 5.41) is 2.87. The average molecular weight is 306 g/mol. The highest BCUT2D eigenvalue weighted by Crippen LogP contribution is 2.38. The van der Waals surface area contributed by atoms with Crippen molar-refractivity contribution in [2.45, 2.75) is 59.4 Å². The van der Waals surface area contributed by atoms with Crippen LogP contribution in [0.3, 0.4) is 0 Å². The van der Waals surface area contributed by atoms with Crippen LogP contribution in [0.1, 0.15) is 68.7 Å². The molecule has 0 aliphatic carbocycles. The van der Waals surface area contributed by atoms with Crippen molar-refractivity contribution in [2.75, 3.05) is 0 Å². The summed E-state index contributed by atoms with van der Waals surface area (Å²) in [4.78, 5) is 0. The third kappa shape index (κ3) is 2.63. The van der Waals surface area contributed by atoms with E-state index in [1.54, 1.807) is 0 Å². The number of aryl methyl sites for hydroxylation is 1. The van der Waals surface area contributed by atoms with E-state index < -0.39 is 0 Å². The van der Waals surface area contributed by atoms with Crippen molar-refractivity contribution < 1.29 is 4.58 Å². The van der Waals surface area contributed by atoms with Gasteiger partial charge in [-0.3, -0.25) is 0 Å². The van der Waals surface area contributed by atoms with E-state index in [9.17, 15) is 0 Å². The van der Waals surface area contributed by atoms with Crippen molar-refractivity contribution >= 4 is 17.0 Å². The molecule has 1 heteroatoms. The minimum Gasteiger partial charge on any atom is -0.202 e. The Morgan fingerprint density at radius 1 is 1.09 bits per heavy atom. The Bertz CT molecular complexity index is 808. The molecule has 0 bridgehead atoms. The summed E-state index contributed by atoms with van der Waals surface area (Å²) in [6.07, 6.45) is 6.64. The summed E-state index contributed by atoms with van der Waals surface area (Å²) in [7, 11) is 0. The molecule has 0 radical (unpaired) electrons. The van der Waals surface area contributed by atoms with Gasteiger partial charge in [0.15, 0.2) is 18.5 Å². The third-order valence-electron chi connectivity index (χ3n) is 5.28.